The maximum atomic E-state index is 12.5. The van der Waals surface area contributed by atoms with Crippen LogP contribution in [0.1, 0.15) is 11.1 Å². The van der Waals surface area contributed by atoms with Gasteiger partial charge < -0.3 is 19.5 Å². The Balaban J connectivity index is 1.81. The fourth-order valence-electron chi connectivity index (χ4n) is 2.74. The number of nitrogens with zero attached hydrogens (tertiary/aromatic N) is 1. The number of ether oxygens (including phenoxy) is 3. The smallest absolute Gasteiger partial charge is 0.329 e. The molecule has 0 spiro atoms. The maximum Gasteiger partial charge on any atom is 0.329 e. The van der Waals surface area contributed by atoms with Gasteiger partial charge in [0.25, 0.3) is 5.91 Å². The molecular weight excluding hydrogens is 536 g/mol. The topological polar surface area (TPSA) is 94.2 Å². The molecule has 3 amide bonds. The van der Waals surface area contributed by atoms with Gasteiger partial charge in [0, 0.05) is 8.95 Å². The highest BCUT2D eigenvalue weighted by Crippen LogP contribution is 2.35. The second-order valence-corrected chi connectivity index (χ2v) is 8.17. The summed E-state index contributed by atoms with van der Waals surface area (Å²) in [6.07, 6.45) is 1.49. The van der Waals surface area contributed by atoms with Crippen LogP contribution in [0.4, 0.5) is 4.79 Å². The molecular formula is C21H18Br2N2O6. The Labute approximate surface area is 195 Å². The lowest BCUT2D eigenvalue weighted by atomic mass is 10.1. The van der Waals surface area contributed by atoms with E-state index in [1.54, 1.807) is 12.1 Å². The van der Waals surface area contributed by atoms with Crippen molar-refractivity contribution in [2.24, 2.45) is 0 Å². The van der Waals surface area contributed by atoms with Crippen LogP contribution in [0.15, 0.2) is 51.0 Å². The number of methoxy groups -OCH3 is 2. The van der Waals surface area contributed by atoms with Crippen molar-refractivity contribution >= 4 is 55.8 Å². The van der Waals surface area contributed by atoms with Crippen LogP contribution in [0.5, 0.6) is 11.5 Å². The maximum absolute atomic E-state index is 12.5. The third kappa shape index (κ3) is 5.45. The summed E-state index contributed by atoms with van der Waals surface area (Å²) in [4.78, 5) is 36.7. The van der Waals surface area contributed by atoms with Crippen molar-refractivity contribution in [3.8, 4) is 11.5 Å². The number of nitrogens with one attached hydrogen (secondary N) is 1. The molecule has 1 aliphatic heterocycles. The van der Waals surface area contributed by atoms with Gasteiger partial charge in [-0.2, -0.15) is 0 Å². The van der Waals surface area contributed by atoms with E-state index >= 15 is 0 Å². The summed E-state index contributed by atoms with van der Waals surface area (Å²) in [7, 11) is 2.69. The Morgan fingerprint density at radius 3 is 2.45 bits per heavy atom. The molecule has 0 aliphatic carbocycles. The van der Waals surface area contributed by atoms with Crippen molar-refractivity contribution in [3.63, 3.8) is 0 Å². The Hall–Kier alpha value is -2.85. The van der Waals surface area contributed by atoms with Gasteiger partial charge in [-0.1, -0.05) is 44.0 Å². The first-order valence-corrected chi connectivity index (χ1v) is 10.6. The van der Waals surface area contributed by atoms with E-state index in [2.05, 4.69) is 41.9 Å². The van der Waals surface area contributed by atoms with E-state index < -0.39 is 24.5 Å². The Morgan fingerprint density at radius 1 is 1.10 bits per heavy atom. The zero-order valence-corrected chi connectivity index (χ0v) is 19.8. The summed E-state index contributed by atoms with van der Waals surface area (Å²) in [5.41, 5.74) is 1.59. The second-order valence-electron chi connectivity index (χ2n) is 6.40. The van der Waals surface area contributed by atoms with Gasteiger partial charge in [0.15, 0.2) is 11.5 Å². The molecule has 0 saturated carbocycles. The number of carbonyl (C=O) groups is 3. The number of hydrogen-bond donors (Lipinski definition) is 1. The lowest BCUT2D eigenvalue weighted by molar-refractivity contribution is -0.143. The molecule has 0 radical (unpaired) electrons. The first-order chi connectivity index (χ1) is 14.8. The molecule has 1 N–H and O–H groups in total. The molecule has 1 aliphatic rings. The second kappa shape index (κ2) is 9.97. The quantitative estimate of drug-likeness (QED) is 0.318. The molecule has 0 bridgehead atoms. The van der Waals surface area contributed by atoms with E-state index in [1.165, 1.54) is 20.3 Å². The minimum absolute atomic E-state index is 0.0280. The van der Waals surface area contributed by atoms with Crippen LogP contribution in [0.3, 0.4) is 0 Å². The highest BCUT2D eigenvalue weighted by molar-refractivity contribution is 9.10. The van der Waals surface area contributed by atoms with Gasteiger partial charge in [-0.25, -0.2) is 9.69 Å². The molecule has 8 nitrogen and oxygen atoms in total. The number of imide groups is 1. The summed E-state index contributed by atoms with van der Waals surface area (Å²) in [6.45, 7) is -0.126. The van der Waals surface area contributed by atoms with E-state index in [1.807, 2.05) is 24.3 Å². The number of halogens is 2. The van der Waals surface area contributed by atoms with Crippen LogP contribution in [0, 0.1) is 0 Å². The number of amides is 3. The largest absolute Gasteiger partial charge is 0.493 e. The molecule has 0 unspecified atom stereocenters. The van der Waals surface area contributed by atoms with Crippen molar-refractivity contribution in [2.45, 2.75) is 6.61 Å². The van der Waals surface area contributed by atoms with E-state index in [-0.39, 0.29) is 5.70 Å². The van der Waals surface area contributed by atoms with Crippen LogP contribution in [-0.2, 0) is 20.9 Å². The number of benzene rings is 2. The monoisotopic (exact) mass is 552 g/mol. The van der Waals surface area contributed by atoms with Crippen molar-refractivity contribution in [1.29, 1.82) is 0 Å². The molecule has 2 aromatic rings. The summed E-state index contributed by atoms with van der Waals surface area (Å²) < 4.78 is 17.4. The molecule has 1 saturated heterocycles. The summed E-state index contributed by atoms with van der Waals surface area (Å²) in [5.74, 6) is -0.361. The van der Waals surface area contributed by atoms with Gasteiger partial charge >= 0.3 is 12.0 Å². The number of esters is 1. The number of rotatable bonds is 7. The zero-order valence-electron chi connectivity index (χ0n) is 16.6. The first-order valence-electron chi connectivity index (χ1n) is 8.98. The molecule has 162 valence electrons. The van der Waals surface area contributed by atoms with Gasteiger partial charge in [-0.05, 0) is 41.5 Å². The standard InChI is InChI=1S/C21H18Br2N2O6/c1-29-17-8-13(7-16-20(27)25(21(28)24-16)10-19(26)30-2)15(23)9-18(17)31-11-12-3-5-14(22)6-4-12/h3-9H,10-11H2,1-2H3,(H,24,28)/b16-7+. The minimum Gasteiger partial charge on any atom is -0.493 e. The highest BCUT2D eigenvalue weighted by Gasteiger charge is 2.35. The van der Waals surface area contributed by atoms with E-state index in [0.717, 1.165) is 14.9 Å². The van der Waals surface area contributed by atoms with Crippen molar-refractivity contribution in [2.75, 3.05) is 20.8 Å². The third-order valence-corrected chi connectivity index (χ3v) is 5.58. The highest BCUT2D eigenvalue weighted by atomic mass is 79.9. The fraction of sp³-hybridized carbons (Fsp3) is 0.190. The third-order valence-electron chi connectivity index (χ3n) is 4.37. The fourth-order valence-corrected chi connectivity index (χ4v) is 3.44. The Bertz CT molecular complexity index is 1050. The number of carbonyl (C=O) groups excluding carboxylic acids is 3. The first kappa shape index (κ1) is 22.8. The Morgan fingerprint density at radius 2 is 1.81 bits per heavy atom. The predicted molar refractivity (Wildman–Crippen MR) is 119 cm³/mol. The molecule has 0 aromatic heterocycles. The van der Waals surface area contributed by atoms with Crippen LogP contribution in [0.2, 0.25) is 0 Å². The number of hydrogen-bond acceptors (Lipinski definition) is 6. The molecule has 1 heterocycles. The van der Waals surface area contributed by atoms with Crippen molar-refractivity contribution in [3.05, 3.63) is 62.2 Å². The average Bonchev–Trinajstić information content (AvgIpc) is 3.02. The molecule has 3 rings (SSSR count). The molecule has 1 fully saturated rings. The minimum atomic E-state index is -0.695. The lowest BCUT2D eigenvalue weighted by Gasteiger charge is -2.13. The average molecular weight is 554 g/mol. The van der Waals surface area contributed by atoms with Gasteiger partial charge in [0.1, 0.15) is 18.8 Å². The van der Waals surface area contributed by atoms with Crippen LogP contribution >= 0.6 is 31.9 Å². The van der Waals surface area contributed by atoms with Gasteiger partial charge in [0.05, 0.1) is 14.2 Å². The van der Waals surface area contributed by atoms with E-state index in [0.29, 0.717) is 28.1 Å². The lowest BCUT2D eigenvalue weighted by Crippen LogP contribution is -2.36. The molecule has 2 aromatic carbocycles. The number of urea groups is 1. The molecule has 0 atom stereocenters. The predicted octanol–water partition coefficient (Wildman–Crippen LogP) is 3.86. The van der Waals surface area contributed by atoms with Crippen molar-refractivity contribution in [1.82, 2.24) is 10.2 Å². The summed E-state index contributed by atoms with van der Waals surface area (Å²) in [5, 5.41) is 2.46. The SMILES string of the molecule is COC(=O)CN1C(=O)N/C(=C/c2cc(OC)c(OCc3ccc(Br)cc3)cc2Br)C1=O. The van der Waals surface area contributed by atoms with Crippen molar-refractivity contribution < 1.29 is 28.6 Å². The zero-order chi connectivity index (χ0) is 22.5. The summed E-state index contributed by atoms with van der Waals surface area (Å²) in [6, 6.07) is 10.4. The van der Waals surface area contributed by atoms with Crippen LogP contribution in [0.25, 0.3) is 6.08 Å². The van der Waals surface area contributed by atoms with Crippen LogP contribution in [-0.4, -0.2) is 43.6 Å². The molecule has 10 heteroatoms. The van der Waals surface area contributed by atoms with Gasteiger partial charge in [-0.3, -0.25) is 9.59 Å². The van der Waals surface area contributed by atoms with Crippen LogP contribution < -0.4 is 14.8 Å². The summed E-state index contributed by atoms with van der Waals surface area (Å²) >= 11 is 6.85. The van der Waals surface area contributed by atoms with E-state index in [4.69, 9.17) is 9.47 Å². The normalized spacial score (nSPS) is 14.6. The Kier molecular flexibility index (Phi) is 7.34. The van der Waals surface area contributed by atoms with Gasteiger partial charge in [-0.15, -0.1) is 0 Å². The van der Waals surface area contributed by atoms with Gasteiger partial charge in [0.2, 0.25) is 0 Å². The molecule has 31 heavy (non-hydrogen) atoms. The van der Waals surface area contributed by atoms with E-state index in [9.17, 15) is 14.4 Å².